The summed E-state index contributed by atoms with van der Waals surface area (Å²) in [6, 6.07) is -0.269. The molecule has 3 fully saturated rings. The molecule has 2 N–H and O–H groups in total. The van der Waals surface area contributed by atoms with Crippen molar-refractivity contribution in [2.75, 3.05) is 6.61 Å². The van der Waals surface area contributed by atoms with E-state index >= 15 is 0 Å². The molecule has 3 rings (SSSR count). The molecule has 1 unspecified atom stereocenters. The van der Waals surface area contributed by atoms with Gasteiger partial charge in [-0.2, -0.15) is 0 Å². The van der Waals surface area contributed by atoms with Crippen LogP contribution in [-0.4, -0.2) is 42.5 Å². The predicted octanol–water partition coefficient (Wildman–Crippen LogP) is 0.369. The number of fused-ring (bicyclic) bond motifs is 4. The fourth-order valence-corrected chi connectivity index (χ4v) is 2.88. The number of nitrogens with two attached hydrogens (primary N) is 1. The summed E-state index contributed by atoms with van der Waals surface area (Å²) in [4.78, 5) is 0. The molecule has 0 aliphatic carbocycles. The van der Waals surface area contributed by atoms with Crippen LogP contribution in [0.25, 0.3) is 0 Å². The first-order valence-corrected chi connectivity index (χ1v) is 5.88. The largest absolute Gasteiger partial charge is 0.348 e. The highest BCUT2D eigenvalue weighted by Crippen LogP contribution is 2.46. The molecule has 3 heterocycles. The van der Waals surface area contributed by atoms with Crippen LogP contribution in [0.15, 0.2) is 0 Å². The van der Waals surface area contributed by atoms with Crippen molar-refractivity contribution in [3.63, 3.8) is 0 Å². The average molecular weight is 229 g/mol. The molecule has 3 aliphatic heterocycles. The minimum Gasteiger partial charge on any atom is -0.348 e. The molecule has 2 bridgehead atoms. The molecular formula is C11H19NO4. The van der Waals surface area contributed by atoms with Crippen LogP contribution in [0.1, 0.15) is 27.2 Å². The summed E-state index contributed by atoms with van der Waals surface area (Å²) >= 11 is 0. The van der Waals surface area contributed by atoms with Gasteiger partial charge >= 0.3 is 0 Å². The van der Waals surface area contributed by atoms with Crippen LogP contribution in [0.3, 0.4) is 0 Å². The second-order valence-electron chi connectivity index (χ2n) is 5.31. The van der Waals surface area contributed by atoms with Crippen molar-refractivity contribution in [3.05, 3.63) is 0 Å². The van der Waals surface area contributed by atoms with E-state index in [1.807, 2.05) is 13.8 Å². The Kier molecular flexibility index (Phi) is 2.17. The first-order chi connectivity index (χ1) is 7.47. The molecule has 0 radical (unpaired) electrons. The van der Waals surface area contributed by atoms with Gasteiger partial charge in [-0.25, -0.2) is 0 Å². The zero-order valence-electron chi connectivity index (χ0n) is 9.93. The first-order valence-electron chi connectivity index (χ1n) is 5.88. The van der Waals surface area contributed by atoms with Gasteiger partial charge < -0.3 is 24.7 Å². The molecule has 0 aromatic carbocycles. The van der Waals surface area contributed by atoms with Crippen LogP contribution in [0, 0.1) is 0 Å². The Hall–Kier alpha value is -0.200. The molecule has 3 aliphatic rings. The van der Waals surface area contributed by atoms with E-state index in [0.29, 0.717) is 6.61 Å². The zero-order chi connectivity index (χ0) is 11.6. The van der Waals surface area contributed by atoms with Gasteiger partial charge in [0.15, 0.2) is 12.1 Å². The van der Waals surface area contributed by atoms with Gasteiger partial charge in [0.1, 0.15) is 17.8 Å². The Labute approximate surface area is 95.2 Å². The van der Waals surface area contributed by atoms with E-state index in [1.165, 1.54) is 0 Å². The lowest BCUT2D eigenvalue weighted by molar-refractivity contribution is -0.193. The van der Waals surface area contributed by atoms with Gasteiger partial charge in [0.05, 0.1) is 12.6 Å². The Bertz CT molecular complexity index is 308. The lowest BCUT2D eigenvalue weighted by atomic mass is 9.86. The standard InChI is InChI=1S/C11H19NO4/c1-4-11-5-13-9(16-11)6(12)7-8(11)15-10(2,3)14-7/h6-9H,4-5,12H2,1-3H3/t6-,7+,8+,9?,11-/m0/s1. The quantitative estimate of drug-likeness (QED) is 0.703. The van der Waals surface area contributed by atoms with Gasteiger partial charge in [-0.1, -0.05) is 6.92 Å². The summed E-state index contributed by atoms with van der Waals surface area (Å²) < 4.78 is 23.3. The average Bonchev–Trinajstić information content (AvgIpc) is 2.76. The van der Waals surface area contributed by atoms with E-state index in [-0.39, 0.29) is 30.1 Å². The summed E-state index contributed by atoms with van der Waals surface area (Å²) in [5.41, 5.74) is 5.71. The van der Waals surface area contributed by atoms with E-state index in [2.05, 4.69) is 6.92 Å². The number of hydrogen-bond donors (Lipinski definition) is 1. The van der Waals surface area contributed by atoms with Gasteiger partial charge in [0.25, 0.3) is 0 Å². The van der Waals surface area contributed by atoms with E-state index in [0.717, 1.165) is 6.42 Å². The fourth-order valence-electron chi connectivity index (χ4n) is 2.88. The van der Waals surface area contributed by atoms with E-state index in [4.69, 9.17) is 24.7 Å². The third-order valence-electron chi connectivity index (χ3n) is 3.78. The van der Waals surface area contributed by atoms with Crippen LogP contribution >= 0.6 is 0 Å². The van der Waals surface area contributed by atoms with Crippen LogP contribution in [0.4, 0.5) is 0 Å². The molecular weight excluding hydrogens is 210 g/mol. The molecule has 5 heteroatoms. The smallest absolute Gasteiger partial charge is 0.176 e. The van der Waals surface area contributed by atoms with Crippen LogP contribution in [0.5, 0.6) is 0 Å². The Morgan fingerprint density at radius 3 is 2.69 bits per heavy atom. The molecule has 92 valence electrons. The lowest BCUT2D eigenvalue weighted by Gasteiger charge is -2.40. The zero-order valence-corrected chi connectivity index (χ0v) is 9.93. The minimum atomic E-state index is -0.580. The monoisotopic (exact) mass is 229 g/mol. The SMILES string of the molecule is CC[C@@]12COC(O1)[C@@H](N)[C@H]1OC(C)(C)O[C@H]12. The Morgan fingerprint density at radius 2 is 2.00 bits per heavy atom. The van der Waals surface area contributed by atoms with Gasteiger partial charge in [-0.3, -0.25) is 0 Å². The van der Waals surface area contributed by atoms with E-state index < -0.39 is 5.79 Å². The molecule has 0 aromatic heterocycles. The molecule has 0 aromatic rings. The second kappa shape index (κ2) is 3.17. The van der Waals surface area contributed by atoms with Crippen molar-refractivity contribution >= 4 is 0 Å². The van der Waals surface area contributed by atoms with Crippen molar-refractivity contribution in [2.24, 2.45) is 5.73 Å². The summed E-state index contributed by atoms with van der Waals surface area (Å²) in [5, 5.41) is 0. The normalized spacial score (nSPS) is 54.0. The summed E-state index contributed by atoms with van der Waals surface area (Å²) in [7, 11) is 0. The third-order valence-corrected chi connectivity index (χ3v) is 3.78. The summed E-state index contributed by atoms with van der Waals surface area (Å²) in [6.45, 7) is 6.45. The second-order valence-corrected chi connectivity index (χ2v) is 5.31. The van der Waals surface area contributed by atoms with Crippen molar-refractivity contribution < 1.29 is 18.9 Å². The fraction of sp³-hybridized carbons (Fsp3) is 1.00. The number of rotatable bonds is 1. The van der Waals surface area contributed by atoms with E-state index in [9.17, 15) is 0 Å². The Balaban J connectivity index is 1.95. The molecule has 3 saturated heterocycles. The minimum absolute atomic E-state index is 0.124. The molecule has 5 atom stereocenters. The van der Waals surface area contributed by atoms with Gasteiger partial charge in [-0.15, -0.1) is 0 Å². The molecule has 16 heavy (non-hydrogen) atoms. The molecule has 0 spiro atoms. The first kappa shape index (κ1) is 10.9. The highest BCUT2D eigenvalue weighted by atomic mass is 16.8. The van der Waals surface area contributed by atoms with Crippen LogP contribution < -0.4 is 5.73 Å². The van der Waals surface area contributed by atoms with Crippen molar-refractivity contribution in [1.29, 1.82) is 0 Å². The summed E-state index contributed by atoms with van der Waals surface area (Å²) in [6.07, 6.45) is 0.243. The molecule has 0 amide bonds. The maximum Gasteiger partial charge on any atom is 0.176 e. The van der Waals surface area contributed by atoms with E-state index in [1.54, 1.807) is 0 Å². The maximum atomic E-state index is 6.08. The highest BCUT2D eigenvalue weighted by Gasteiger charge is 2.64. The highest BCUT2D eigenvalue weighted by molar-refractivity contribution is 5.08. The lowest BCUT2D eigenvalue weighted by Crippen LogP contribution is -2.61. The van der Waals surface area contributed by atoms with Gasteiger partial charge in [-0.05, 0) is 20.3 Å². The predicted molar refractivity (Wildman–Crippen MR) is 55.6 cm³/mol. The van der Waals surface area contributed by atoms with Crippen LogP contribution in [0.2, 0.25) is 0 Å². The molecule has 0 saturated carbocycles. The van der Waals surface area contributed by atoms with Gasteiger partial charge in [0, 0.05) is 0 Å². The molecule has 5 nitrogen and oxygen atoms in total. The number of hydrogen-bond acceptors (Lipinski definition) is 5. The third kappa shape index (κ3) is 1.29. The van der Waals surface area contributed by atoms with Crippen molar-refractivity contribution in [2.45, 2.75) is 63.1 Å². The summed E-state index contributed by atoms with van der Waals surface area (Å²) in [5.74, 6) is -0.580. The Morgan fingerprint density at radius 1 is 1.25 bits per heavy atom. The topological polar surface area (TPSA) is 62.9 Å². The van der Waals surface area contributed by atoms with Crippen molar-refractivity contribution in [1.82, 2.24) is 0 Å². The maximum absolute atomic E-state index is 6.08. The van der Waals surface area contributed by atoms with Gasteiger partial charge in [0.2, 0.25) is 0 Å². The van der Waals surface area contributed by atoms with Crippen LogP contribution in [-0.2, 0) is 18.9 Å². The number of ether oxygens (including phenoxy) is 4. The van der Waals surface area contributed by atoms with Crippen molar-refractivity contribution in [3.8, 4) is 0 Å².